The first-order chi connectivity index (χ1) is 11.1. The van der Waals surface area contributed by atoms with Gasteiger partial charge in [-0.25, -0.2) is 0 Å². The fourth-order valence-corrected chi connectivity index (χ4v) is 3.03. The van der Waals surface area contributed by atoms with E-state index in [1.165, 1.54) is 12.8 Å². The second-order valence-electron chi connectivity index (χ2n) is 6.10. The molecule has 0 heterocycles. The van der Waals surface area contributed by atoms with Crippen molar-refractivity contribution < 1.29 is 14.3 Å². The molecule has 4 nitrogen and oxygen atoms in total. The molecule has 1 N–H and O–H groups in total. The van der Waals surface area contributed by atoms with Crippen molar-refractivity contribution >= 4 is 23.5 Å². The summed E-state index contributed by atoms with van der Waals surface area (Å²) in [6.45, 7) is 1.61. The molecule has 0 bridgehead atoms. The zero-order chi connectivity index (χ0) is 16.7. The molecule has 1 saturated carbocycles. The van der Waals surface area contributed by atoms with Crippen LogP contribution in [0.2, 0.25) is 5.02 Å². The summed E-state index contributed by atoms with van der Waals surface area (Å²) in [4.78, 5) is 24.1. The molecule has 0 aromatic heterocycles. The Kier molecular flexibility index (Phi) is 6.90. The molecule has 1 aliphatic rings. The lowest BCUT2D eigenvalue weighted by Gasteiger charge is -2.19. The summed E-state index contributed by atoms with van der Waals surface area (Å²) >= 11 is 6.02. The van der Waals surface area contributed by atoms with Crippen molar-refractivity contribution in [3.63, 3.8) is 0 Å². The van der Waals surface area contributed by atoms with Crippen molar-refractivity contribution in [2.75, 3.05) is 0 Å². The highest BCUT2D eigenvalue weighted by Gasteiger charge is 2.22. The maximum absolute atomic E-state index is 12.2. The van der Waals surface area contributed by atoms with Gasteiger partial charge in [0.25, 0.3) is 5.91 Å². The second-order valence-corrected chi connectivity index (χ2v) is 6.50. The summed E-state index contributed by atoms with van der Waals surface area (Å²) in [6.07, 6.45) is 6.05. The van der Waals surface area contributed by atoms with E-state index in [0.29, 0.717) is 10.6 Å². The Morgan fingerprint density at radius 2 is 1.87 bits per heavy atom. The lowest BCUT2D eigenvalue weighted by molar-refractivity contribution is -0.154. The van der Waals surface area contributed by atoms with E-state index in [4.69, 9.17) is 16.3 Å². The minimum atomic E-state index is -0.784. The van der Waals surface area contributed by atoms with Crippen LogP contribution in [0.15, 0.2) is 24.3 Å². The Morgan fingerprint density at radius 3 is 2.52 bits per heavy atom. The molecule has 1 aliphatic carbocycles. The first-order valence-corrected chi connectivity index (χ1v) is 8.67. The van der Waals surface area contributed by atoms with Crippen molar-refractivity contribution in [1.82, 2.24) is 5.32 Å². The van der Waals surface area contributed by atoms with Gasteiger partial charge in [-0.2, -0.15) is 0 Å². The molecule has 0 aliphatic heterocycles. The van der Waals surface area contributed by atoms with Gasteiger partial charge in [0, 0.05) is 11.1 Å². The third kappa shape index (κ3) is 5.87. The second kappa shape index (κ2) is 8.92. The average Bonchev–Trinajstić information content (AvgIpc) is 2.78. The molecule has 5 heteroatoms. The number of nitrogens with one attached hydrogen (secondary N) is 1. The SMILES string of the molecule is C[C@@H](OC(=O)Cc1ccccc1Cl)C(=O)NC1CCCCCC1. The van der Waals surface area contributed by atoms with Crippen LogP contribution in [0.3, 0.4) is 0 Å². The monoisotopic (exact) mass is 337 g/mol. The normalized spacial score (nSPS) is 17.1. The predicted octanol–water partition coefficient (Wildman–Crippen LogP) is 3.65. The highest BCUT2D eigenvalue weighted by atomic mass is 35.5. The summed E-state index contributed by atoms with van der Waals surface area (Å²) in [6, 6.07) is 7.33. The number of benzene rings is 1. The van der Waals surface area contributed by atoms with Crippen LogP contribution in [-0.4, -0.2) is 24.0 Å². The Bertz CT molecular complexity index is 539. The summed E-state index contributed by atoms with van der Waals surface area (Å²) in [7, 11) is 0. The quantitative estimate of drug-likeness (QED) is 0.659. The van der Waals surface area contributed by atoms with Crippen LogP contribution in [0.1, 0.15) is 51.0 Å². The van der Waals surface area contributed by atoms with Crippen LogP contribution >= 0.6 is 11.6 Å². The Labute approximate surface area is 142 Å². The van der Waals surface area contributed by atoms with Crippen molar-refractivity contribution in [2.45, 2.75) is 64.0 Å². The number of hydrogen-bond acceptors (Lipinski definition) is 3. The third-order valence-electron chi connectivity index (χ3n) is 4.17. The molecule has 0 unspecified atom stereocenters. The largest absolute Gasteiger partial charge is 0.452 e. The van der Waals surface area contributed by atoms with Gasteiger partial charge in [-0.15, -0.1) is 0 Å². The van der Waals surface area contributed by atoms with Gasteiger partial charge in [0.05, 0.1) is 6.42 Å². The number of hydrogen-bond donors (Lipinski definition) is 1. The van der Waals surface area contributed by atoms with Gasteiger partial charge in [0.15, 0.2) is 6.10 Å². The van der Waals surface area contributed by atoms with Crippen molar-refractivity contribution in [1.29, 1.82) is 0 Å². The molecule has 2 rings (SSSR count). The molecule has 1 fully saturated rings. The molecule has 1 aromatic rings. The van der Waals surface area contributed by atoms with Gasteiger partial charge in [-0.1, -0.05) is 55.5 Å². The van der Waals surface area contributed by atoms with E-state index in [0.717, 1.165) is 25.7 Å². The highest BCUT2D eigenvalue weighted by Crippen LogP contribution is 2.18. The van der Waals surface area contributed by atoms with Crippen molar-refractivity contribution in [3.8, 4) is 0 Å². The van der Waals surface area contributed by atoms with Crippen LogP contribution in [-0.2, 0) is 20.7 Å². The van der Waals surface area contributed by atoms with E-state index >= 15 is 0 Å². The highest BCUT2D eigenvalue weighted by molar-refractivity contribution is 6.31. The first kappa shape index (κ1) is 17.8. The Hall–Kier alpha value is -1.55. The van der Waals surface area contributed by atoms with E-state index in [2.05, 4.69) is 5.32 Å². The molecular weight excluding hydrogens is 314 g/mol. The summed E-state index contributed by atoms with van der Waals surface area (Å²) < 4.78 is 5.23. The van der Waals surface area contributed by atoms with Crippen molar-refractivity contribution in [3.05, 3.63) is 34.9 Å². The lowest BCUT2D eigenvalue weighted by atomic mass is 10.1. The fourth-order valence-electron chi connectivity index (χ4n) is 2.83. The first-order valence-electron chi connectivity index (χ1n) is 8.29. The summed E-state index contributed by atoms with van der Waals surface area (Å²) in [5.41, 5.74) is 0.704. The van der Waals surface area contributed by atoms with Crippen LogP contribution < -0.4 is 5.32 Å². The average molecular weight is 338 g/mol. The number of carbonyl (C=O) groups excluding carboxylic acids is 2. The van der Waals surface area contributed by atoms with Crippen LogP contribution in [0.25, 0.3) is 0 Å². The van der Waals surface area contributed by atoms with Crippen molar-refractivity contribution in [2.24, 2.45) is 0 Å². The molecule has 126 valence electrons. The van der Waals surface area contributed by atoms with Gasteiger partial charge in [-0.3, -0.25) is 9.59 Å². The maximum atomic E-state index is 12.2. The zero-order valence-electron chi connectivity index (χ0n) is 13.5. The van der Waals surface area contributed by atoms with Crippen LogP contribution in [0, 0.1) is 0 Å². The minimum Gasteiger partial charge on any atom is -0.452 e. The zero-order valence-corrected chi connectivity index (χ0v) is 14.3. The maximum Gasteiger partial charge on any atom is 0.311 e. The van der Waals surface area contributed by atoms with E-state index < -0.39 is 12.1 Å². The number of rotatable bonds is 5. The van der Waals surface area contributed by atoms with Gasteiger partial charge in [0.1, 0.15) is 0 Å². The fraction of sp³-hybridized carbons (Fsp3) is 0.556. The Balaban J connectivity index is 1.80. The molecule has 1 aromatic carbocycles. The van der Waals surface area contributed by atoms with Gasteiger partial charge >= 0.3 is 5.97 Å². The topological polar surface area (TPSA) is 55.4 Å². The van der Waals surface area contributed by atoms with E-state index in [9.17, 15) is 9.59 Å². The van der Waals surface area contributed by atoms with Gasteiger partial charge in [-0.05, 0) is 31.4 Å². The Morgan fingerprint density at radius 1 is 1.22 bits per heavy atom. The van der Waals surface area contributed by atoms with Gasteiger partial charge < -0.3 is 10.1 Å². The molecule has 0 spiro atoms. The summed E-state index contributed by atoms with van der Waals surface area (Å²) in [5.74, 6) is -0.661. The van der Waals surface area contributed by atoms with E-state index in [1.54, 1.807) is 25.1 Å². The number of ether oxygens (including phenoxy) is 1. The van der Waals surface area contributed by atoms with Gasteiger partial charge in [0.2, 0.25) is 0 Å². The molecule has 1 atom stereocenters. The van der Waals surface area contributed by atoms with E-state index in [1.807, 2.05) is 6.07 Å². The lowest BCUT2D eigenvalue weighted by Crippen LogP contribution is -2.42. The molecule has 0 saturated heterocycles. The molecule has 23 heavy (non-hydrogen) atoms. The smallest absolute Gasteiger partial charge is 0.311 e. The van der Waals surface area contributed by atoms with Crippen LogP contribution in [0.5, 0.6) is 0 Å². The van der Waals surface area contributed by atoms with Crippen LogP contribution in [0.4, 0.5) is 0 Å². The number of halogens is 1. The van der Waals surface area contributed by atoms with E-state index in [-0.39, 0.29) is 18.4 Å². The predicted molar refractivity (Wildman–Crippen MR) is 90.3 cm³/mol. The molecule has 0 radical (unpaired) electrons. The standard InChI is InChI=1S/C18H24ClNO3/c1-13(18(22)20-15-9-4-2-3-5-10-15)23-17(21)12-14-8-6-7-11-16(14)19/h6-8,11,13,15H,2-5,9-10,12H2,1H3,(H,20,22)/t13-/m1/s1. The molecular formula is C18H24ClNO3. The molecule has 1 amide bonds. The summed E-state index contributed by atoms with van der Waals surface area (Å²) in [5, 5.41) is 3.52. The number of carbonyl (C=O) groups is 2. The minimum absolute atomic E-state index is 0.0702. The number of amides is 1. The third-order valence-corrected chi connectivity index (χ3v) is 4.54. The number of esters is 1.